The molecule has 0 fully saturated rings. The first kappa shape index (κ1) is 42.3. The number of aryl methyl sites for hydroxylation is 1. The van der Waals surface area contributed by atoms with Crippen molar-refractivity contribution in [3.8, 4) is 0 Å². The van der Waals surface area contributed by atoms with Crippen molar-refractivity contribution in [1.82, 2.24) is 0 Å². The number of hydrogen-bond donors (Lipinski definition) is 1. The summed E-state index contributed by atoms with van der Waals surface area (Å²) in [4.78, 5) is 42.0. The molecule has 1 aromatic heterocycles. The molecule has 9 heteroatoms. The number of hydrogen-bond acceptors (Lipinski definition) is 6. The van der Waals surface area contributed by atoms with Gasteiger partial charge < -0.3 is 20.2 Å². The third kappa shape index (κ3) is 6.82. The lowest BCUT2D eigenvalue weighted by molar-refractivity contribution is -0.673. The van der Waals surface area contributed by atoms with Gasteiger partial charge in [-0.05, 0) is 73.9 Å². The molecule has 0 bridgehead atoms. The van der Waals surface area contributed by atoms with E-state index < -0.39 is 16.8 Å². The topological polar surface area (TPSA) is 128 Å². The molecule has 0 amide bonds. The Morgan fingerprint density at radius 1 is 0.742 bits per heavy atom. The lowest BCUT2D eigenvalue weighted by Gasteiger charge is -2.32. The number of fused-ring (bicyclic) bond motifs is 3. The number of carbonyl (C=O) groups is 3. The number of aromatic nitrogens is 1. The zero-order chi connectivity index (χ0) is 44.2. The minimum Gasteiger partial charge on any atom is -0.871 e. The number of rotatable bonds is 14. The van der Waals surface area contributed by atoms with Gasteiger partial charge in [0, 0.05) is 99.8 Å². The maximum atomic E-state index is 14.1. The molecule has 2 aliphatic heterocycles. The molecule has 0 saturated carbocycles. The fraction of sp³-hybridized carbons (Fsp3) is 0.340. The van der Waals surface area contributed by atoms with Crippen LogP contribution in [0.25, 0.3) is 22.6 Å². The normalized spacial score (nSPS) is 19.6. The van der Waals surface area contributed by atoms with Crippen molar-refractivity contribution in [2.45, 2.75) is 104 Å². The third-order valence-electron chi connectivity index (χ3n) is 13.3. The van der Waals surface area contributed by atoms with E-state index in [0.717, 1.165) is 95.6 Å². The van der Waals surface area contributed by atoms with Crippen molar-refractivity contribution in [3.63, 3.8) is 0 Å². The summed E-state index contributed by atoms with van der Waals surface area (Å²) in [5.41, 5.74) is 7.06. The fourth-order valence-corrected chi connectivity index (χ4v) is 9.57. The minimum absolute atomic E-state index is 0.114. The molecule has 3 heterocycles. The lowest BCUT2D eigenvalue weighted by Crippen LogP contribution is -2.39. The Morgan fingerprint density at radius 2 is 1.45 bits per heavy atom. The minimum atomic E-state index is -1.01. The highest BCUT2D eigenvalue weighted by atomic mass is 16.4. The number of benzene rings is 3. The van der Waals surface area contributed by atoms with Crippen LogP contribution in [-0.4, -0.2) is 46.0 Å². The first-order valence-electron chi connectivity index (χ1n) is 22.1. The van der Waals surface area contributed by atoms with Crippen LogP contribution in [0.2, 0.25) is 0 Å². The van der Waals surface area contributed by atoms with E-state index in [1.165, 1.54) is 0 Å². The first-order valence-corrected chi connectivity index (χ1v) is 22.1. The molecule has 0 saturated heterocycles. The SMILES string of the molecule is CCCCN1/C(=C/C2=C([O-])C(=C/c3ccc4ccccc4[n+]3CCCC)/C2=O)C(C)(C)c2cc(C3=C([O-])/C(=C/C4=[N+](CCCC)c5ccc(C(=O)O)cc5C4(C)C)C3=O)ccc21. The number of pyridine rings is 1. The summed E-state index contributed by atoms with van der Waals surface area (Å²) in [7, 11) is 0. The second kappa shape index (κ2) is 16.2. The van der Waals surface area contributed by atoms with E-state index in [0.29, 0.717) is 18.7 Å². The lowest BCUT2D eigenvalue weighted by atomic mass is 9.76. The van der Waals surface area contributed by atoms with E-state index in [9.17, 15) is 29.7 Å². The Morgan fingerprint density at radius 3 is 2.15 bits per heavy atom. The highest BCUT2D eigenvalue weighted by Gasteiger charge is 2.47. The molecule has 4 aliphatic rings. The monoisotopic (exact) mass is 829 g/mol. The average molecular weight is 830 g/mol. The van der Waals surface area contributed by atoms with Crippen LogP contribution >= 0.6 is 0 Å². The zero-order valence-corrected chi connectivity index (χ0v) is 36.9. The maximum Gasteiger partial charge on any atom is 0.335 e. The van der Waals surface area contributed by atoms with Crippen LogP contribution in [0.1, 0.15) is 120 Å². The molecule has 1 N–H and O–H groups in total. The number of ketones is 2. The van der Waals surface area contributed by atoms with Gasteiger partial charge in [-0.1, -0.05) is 83.6 Å². The zero-order valence-electron chi connectivity index (χ0n) is 36.9. The highest BCUT2D eigenvalue weighted by molar-refractivity contribution is 6.40. The van der Waals surface area contributed by atoms with Crippen LogP contribution in [-0.2, 0) is 27.0 Å². The van der Waals surface area contributed by atoms with Crippen molar-refractivity contribution in [2.75, 3.05) is 18.0 Å². The summed E-state index contributed by atoms with van der Waals surface area (Å²) in [5, 5.41) is 38.8. The molecule has 2 aliphatic carbocycles. The second-order valence-electron chi connectivity index (χ2n) is 18.0. The van der Waals surface area contributed by atoms with Crippen molar-refractivity contribution < 1.29 is 38.8 Å². The summed E-state index contributed by atoms with van der Waals surface area (Å²) in [6.45, 7) is 16.6. The van der Waals surface area contributed by atoms with E-state index in [2.05, 4.69) is 60.8 Å². The number of para-hydroxylation sites is 1. The van der Waals surface area contributed by atoms with E-state index in [1.54, 1.807) is 30.4 Å². The number of allylic oxidation sites excluding steroid dienone is 7. The Kier molecular flexibility index (Phi) is 11.0. The summed E-state index contributed by atoms with van der Waals surface area (Å²) in [6.07, 6.45) is 10.8. The largest absolute Gasteiger partial charge is 0.871 e. The molecule has 318 valence electrons. The Bertz CT molecular complexity index is 2790. The van der Waals surface area contributed by atoms with Gasteiger partial charge in [-0.15, -0.1) is 0 Å². The van der Waals surface area contributed by atoms with Crippen LogP contribution in [0.5, 0.6) is 0 Å². The molecule has 8 rings (SSSR count). The number of carboxylic acids is 1. The number of carbonyl (C=O) groups excluding carboxylic acids is 2. The molecule has 4 aromatic rings. The molecule has 0 atom stereocenters. The number of unbranched alkanes of at least 4 members (excludes halogenated alkanes) is 3. The standard InChI is InChI=1S/C53H55N3O6/c1-8-11-24-54-35(21-18-32-16-14-15-17-41(32)54)29-36-47(57)37(48(36)58)30-44-52(4,5)39-27-33(19-22-42(39)55(44)25-12-9-2)46-49(59)38(50(46)60)31-45-53(6,7)40-28-34(51(61)62)20-23-43(40)56(45)26-13-10-3/h14-23,27-31H,8-13,24-26H2,1-7H3,(H-2,57,58,59,60,61,62). The van der Waals surface area contributed by atoms with E-state index >= 15 is 0 Å². The van der Waals surface area contributed by atoms with E-state index in [-0.39, 0.29) is 50.9 Å². The van der Waals surface area contributed by atoms with E-state index in [4.69, 9.17) is 0 Å². The number of nitrogens with zero attached hydrogens (tertiary/aromatic N) is 3. The van der Waals surface area contributed by atoms with Gasteiger partial charge >= 0.3 is 5.97 Å². The second-order valence-corrected chi connectivity index (χ2v) is 18.0. The molecule has 3 aromatic carbocycles. The van der Waals surface area contributed by atoms with Gasteiger partial charge in [0.05, 0.1) is 11.0 Å². The number of Topliss-reactive ketones (excluding diaryl/α,β-unsaturated/α-hetero) is 2. The highest BCUT2D eigenvalue weighted by Crippen LogP contribution is 2.51. The summed E-state index contributed by atoms with van der Waals surface area (Å²) >= 11 is 0. The van der Waals surface area contributed by atoms with Crippen molar-refractivity contribution in [2.24, 2.45) is 0 Å². The van der Waals surface area contributed by atoms with Crippen LogP contribution in [0.15, 0.2) is 119 Å². The smallest absolute Gasteiger partial charge is 0.335 e. The Labute approximate surface area is 364 Å². The van der Waals surface area contributed by atoms with Gasteiger partial charge in [-0.2, -0.15) is 9.14 Å². The van der Waals surface area contributed by atoms with Crippen LogP contribution in [0.3, 0.4) is 0 Å². The molecular weight excluding hydrogens is 775 g/mol. The van der Waals surface area contributed by atoms with Crippen LogP contribution in [0.4, 0.5) is 11.4 Å². The van der Waals surface area contributed by atoms with Gasteiger partial charge in [0.25, 0.3) is 0 Å². The van der Waals surface area contributed by atoms with Crippen molar-refractivity contribution >= 4 is 57.2 Å². The van der Waals surface area contributed by atoms with Crippen molar-refractivity contribution in [1.29, 1.82) is 0 Å². The third-order valence-corrected chi connectivity index (χ3v) is 13.3. The van der Waals surface area contributed by atoms with Crippen LogP contribution < -0.4 is 19.7 Å². The van der Waals surface area contributed by atoms with Gasteiger partial charge in [-0.3, -0.25) is 9.59 Å². The molecular formula is C53H55N3O6. The van der Waals surface area contributed by atoms with Crippen LogP contribution in [0, 0.1) is 0 Å². The average Bonchev–Trinajstić information content (AvgIpc) is 3.60. The molecule has 0 radical (unpaired) electrons. The van der Waals surface area contributed by atoms with Gasteiger partial charge in [0.1, 0.15) is 13.1 Å². The quantitative estimate of drug-likeness (QED) is 0.100. The molecule has 9 nitrogen and oxygen atoms in total. The first-order chi connectivity index (χ1) is 29.6. The molecule has 0 spiro atoms. The number of anilines is 1. The van der Waals surface area contributed by atoms with Crippen molar-refractivity contribution in [3.05, 3.63) is 147 Å². The van der Waals surface area contributed by atoms with Gasteiger partial charge in [-0.25, -0.2) is 4.79 Å². The summed E-state index contributed by atoms with van der Waals surface area (Å²) in [5.74, 6) is -2.21. The predicted molar refractivity (Wildman–Crippen MR) is 240 cm³/mol. The summed E-state index contributed by atoms with van der Waals surface area (Å²) in [6, 6.07) is 23.0. The number of carboxylic acid groups (broad SMARTS) is 1. The number of aromatic carboxylic acids is 1. The Balaban J connectivity index is 1.14. The molecule has 0 unspecified atom stereocenters. The predicted octanol–water partition coefficient (Wildman–Crippen LogP) is 8.14. The maximum absolute atomic E-state index is 14.1. The van der Waals surface area contributed by atoms with E-state index in [1.807, 2.05) is 62.4 Å². The summed E-state index contributed by atoms with van der Waals surface area (Å²) < 4.78 is 4.31. The van der Waals surface area contributed by atoms with Gasteiger partial charge in [0.2, 0.25) is 16.9 Å². The fourth-order valence-electron chi connectivity index (χ4n) is 9.57. The Hall–Kier alpha value is -6.35. The molecule has 62 heavy (non-hydrogen) atoms. The van der Waals surface area contributed by atoms with Gasteiger partial charge in [0.15, 0.2) is 17.3 Å².